The first-order valence-electron chi connectivity index (χ1n) is 8.39. The lowest BCUT2D eigenvalue weighted by molar-refractivity contribution is -0.690. The first-order chi connectivity index (χ1) is 12.6. The summed E-state index contributed by atoms with van der Waals surface area (Å²) in [5.74, 6) is 0.232. The maximum absolute atomic E-state index is 13.7. The second-order valence-electron chi connectivity index (χ2n) is 5.89. The van der Waals surface area contributed by atoms with Crippen molar-refractivity contribution in [2.24, 2.45) is 0 Å². The Morgan fingerprint density at radius 3 is 2.77 bits per heavy atom. The number of hydrogen-bond donors (Lipinski definition) is 1. The Hall–Kier alpha value is -2.25. The predicted octanol–water partition coefficient (Wildman–Crippen LogP) is 1.23. The number of carbonyl (C=O) groups excluding carboxylic acids is 1. The monoisotopic (exact) mass is 377 g/mol. The molecule has 1 fully saturated rings. The molecule has 0 unspecified atom stereocenters. The van der Waals surface area contributed by atoms with Crippen molar-refractivity contribution in [2.45, 2.75) is 24.9 Å². The lowest BCUT2D eigenvalue weighted by Gasteiger charge is -2.16. The van der Waals surface area contributed by atoms with Crippen LogP contribution in [0.3, 0.4) is 0 Å². The molecule has 0 radical (unpaired) electrons. The van der Waals surface area contributed by atoms with Crippen LogP contribution >= 0.6 is 11.8 Å². The third-order valence-electron chi connectivity index (χ3n) is 4.10. The first kappa shape index (κ1) is 18.5. The highest BCUT2D eigenvalue weighted by Gasteiger charge is 2.31. The summed E-state index contributed by atoms with van der Waals surface area (Å²) in [4.78, 5) is 11.0. The Kier molecular flexibility index (Phi) is 6.00. The molecule has 2 aromatic carbocycles. The van der Waals surface area contributed by atoms with Crippen molar-refractivity contribution in [3.63, 3.8) is 0 Å². The molecule has 1 heterocycles. The topological polar surface area (TPSA) is 75.2 Å². The van der Waals surface area contributed by atoms with Crippen molar-refractivity contribution in [1.82, 2.24) is 0 Å². The summed E-state index contributed by atoms with van der Waals surface area (Å²) in [7, 11) is 0. The number of carbonyl (C=O) groups is 1. The summed E-state index contributed by atoms with van der Waals surface area (Å²) in [6, 6.07) is 11.4. The van der Waals surface area contributed by atoms with Crippen molar-refractivity contribution < 1.29 is 29.1 Å². The molecule has 1 saturated heterocycles. The van der Waals surface area contributed by atoms with Crippen LogP contribution in [0.2, 0.25) is 0 Å². The molecule has 138 valence electrons. The fourth-order valence-corrected chi connectivity index (χ4v) is 4.05. The van der Waals surface area contributed by atoms with Crippen LogP contribution in [-0.2, 0) is 11.4 Å². The summed E-state index contributed by atoms with van der Waals surface area (Å²) < 4.78 is 25.1. The van der Waals surface area contributed by atoms with Crippen LogP contribution < -0.4 is 19.9 Å². The predicted molar refractivity (Wildman–Crippen MR) is 94.3 cm³/mol. The molecular formula is C19H20FNO4S. The highest BCUT2D eigenvalue weighted by atomic mass is 32.2. The molecule has 0 aliphatic carbocycles. The van der Waals surface area contributed by atoms with Gasteiger partial charge in [0.1, 0.15) is 24.4 Å². The van der Waals surface area contributed by atoms with Gasteiger partial charge in [-0.25, -0.2) is 4.39 Å². The highest BCUT2D eigenvalue weighted by molar-refractivity contribution is 7.99. The number of carboxylic acid groups (broad SMARTS) is 1. The molecular weight excluding hydrogens is 357 g/mol. The molecule has 0 amide bonds. The van der Waals surface area contributed by atoms with Crippen LogP contribution in [0.5, 0.6) is 11.5 Å². The zero-order valence-corrected chi connectivity index (χ0v) is 15.1. The molecule has 7 heteroatoms. The molecule has 1 aliphatic heterocycles. The van der Waals surface area contributed by atoms with Gasteiger partial charge in [0.05, 0.1) is 12.4 Å². The van der Waals surface area contributed by atoms with E-state index in [4.69, 9.17) is 9.47 Å². The van der Waals surface area contributed by atoms with Crippen LogP contribution in [0.15, 0.2) is 42.5 Å². The molecule has 26 heavy (non-hydrogen) atoms. The van der Waals surface area contributed by atoms with Crippen LogP contribution in [0.1, 0.15) is 23.4 Å². The van der Waals surface area contributed by atoms with E-state index in [9.17, 15) is 14.3 Å². The molecule has 2 aromatic rings. The molecule has 0 bridgehead atoms. The third-order valence-corrected chi connectivity index (χ3v) is 5.44. The zero-order valence-electron chi connectivity index (χ0n) is 14.3. The van der Waals surface area contributed by atoms with Crippen molar-refractivity contribution in [3.8, 4) is 11.5 Å². The van der Waals surface area contributed by atoms with Gasteiger partial charge in [-0.15, -0.1) is 0 Å². The van der Waals surface area contributed by atoms with Gasteiger partial charge in [0, 0.05) is 11.1 Å². The number of carboxylic acids is 1. The fourth-order valence-electron chi connectivity index (χ4n) is 2.74. The van der Waals surface area contributed by atoms with E-state index in [2.05, 4.69) is 0 Å². The molecule has 2 N–H and O–H groups in total. The van der Waals surface area contributed by atoms with Gasteiger partial charge in [0.2, 0.25) is 0 Å². The van der Waals surface area contributed by atoms with E-state index in [1.165, 1.54) is 6.07 Å². The van der Waals surface area contributed by atoms with Gasteiger partial charge >= 0.3 is 0 Å². The van der Waals surface area contributed by atoms with E-state index in [-0.39, 0.29) is 17.8 Å². The number of halogens is 1. The SMILES string of the molecule is CCOc1cc([C@@H]2[NH2+][C@@H](C(=O)[O-])CS2)ccc1OCc1ccccc1F. The average molecular weight is 377 g/mol. The number of thioether (sulfide) groups is 1. The minimum Gasteiger partial charge on any atom is -0.544 e. The molecule has 0 saturated carbocycles. The Balaban J connectivity index is 1.74. The smallest absolute Gasteiger partial charge is 0.161 e. The van der Waals surface area contributed by atoms with E-state index >= 15 is 0 Å². The third kappa shape index (κ3) is 4.28. The fraction of sp³-hybridized carbons (Fsp3) is 0.316. The first-order valence-corrected chi connectivity index (χ1v) is 9.43. The summed E-state index contributed by atoms with van der Waals surface area (Å²) >= 11 is 1.55. The minimum absolute atomic E-state index is 0.0299. The van der Waals surface area contributed by atoms with Crippen LogP contribution in [0.4, 0.5) is 4.39 Å². The maximum Gasteiger partial charge on any atom is 0.161 e. The summed E-state index contributed by atoms with van der Waals surface area (Å²) in [6.45, 7) is 2.43. The highest BCUT2D eigenvalue weighted by Crippen LogP contribution is 2.35. The number of hydrogen-bond acceptors (Lipinski definition) is 5. The number of quaternary nitrogens is 1. The van der Waals surface area contributed by atoms with Crippen molar-refractivity contribution in [3.05, 3.63) is 59.4 Å². The van der Waals surface area contributed by atoms with Gasteiger partial charge in [-0.05, 0) is 31.2 Å². The Morgan fingerprint density at radius 2 is 2.08 bits per heavy atom. The molecule has 1 aliphatic rings. The second kappa shape index (κ2) is 8.42. The number of nitrogens with two attached hydrogens (primary N) is 1. The molecule has 3 rings (SSSR count). The Labute approximate surface area is 155 Å². The van der Waals surface area contributed by atoms with E-state index in [1.54, 1.807) is 41.3 Å². The van der Waals surface area contributed by atoms with E-state index in [1.807, 2.05) is 19.1 Å². The largest absolute Gasteiger partial charge is 0.544 e. The minimum atomic E-state index is -1.05. The second-order valence-corrected chi connectivity index (χ2v) is 7.07. The number of aliphatic carboxylic acids is 1. The Morgan fingerprint density at radius 1 is 1.27 bits per heavy atom. The molecule has 5 nitrogen and oxygen atoms in total. The van der Waals surface area contributed by atoms with Crippen molar-refractivity contribution in [1.29, 1.82) is 0 Å². The molecule has 0 aromatic heterocycles. The van der Waals surface area contributed by atoms with E-state index in [0.29, 0.717) is 29.4 Å². The summed E-state index contributed by atoms with van der Waals surface area (Å²) in [5, 5.41) is 12.8. The lowest BCUT2D eigenvalue weighted by atomic mass is 10.2. The number of ether oxygens (including phenoxy) is 2. The zero-order chi connectivity index (χ0) is 18.5. The van der Waals surface area contributed by atoms with Crippen LogP contribution in [-0.4, -0.2) is 24.4 Å². The van der Waals surface area contributed by atoms with E-state index < -0.39 is 12.0 Å². The van der Waals surface area contributed by atoms with Crippen molar-refractivity contribution >= 4 is 17.7 Å². The average Bonchev–Trinajstić information content (AvgIpc) is 3.12. The van der Waals surface area contributed by atoms with Gasteiger partial charge in [-0.3, -0.25) is 0 Å². The van der Waals surface area contributed by atoms with Gasteiger partial charge < -0.3 is 24.7 Å². The summed E-state index contributed by atoms with van der Waals surface area (Å²) in [6.07, 6.45) is 0. The standard InChI is InChI=1S/C19H20FNO4S/c1-2-24-17-9-12(18-21-15(11-26-18)19(22)23)7-8-16(17)25-10-13-5-3-4-6-14(13)20/h3-9,15,18,21H,2,10-11H2,1H3,(H,22,23)/t15-,18-/m1/s1. The summed E-state index contributed by atoms with van der Waals surface area (Å²) in [5.41, 5.74) is 1.41. The lowest BCUT2D eigenvalue weighted by Crippen LogP contribution is -2.90. The van der Waals surface area contributed by atoms with Gasteiger partial charge in [0.15, 0.2) is 16.9 Å². The normalized spacial score (nSPS) is 19.3. The van der Waals surface area contributed by atoms with E-state index in [0.717, 1.165) is 5.56 Å². The maximum atomic E-state index is 13.7. The van der Waals surface area contributed by atoms with Crippen molar-refractivity contribution in [2.75, 3.05) is 12.4 Å². The van der Waals surface area contributed by atoms with Gasteiger partial charge in [-0.2, -0.15) is 0 Å². The van der Waals surface area contributed by atoms with Gasteiger partial charge in [-0.1, -0.05) is 30.0 Å². The molecule has 0 spiro atoms. The quantitative estimate of drug-likeness (QED) is 0.786. The van der Waals surface area contributed by atoms with Gasteiger partial charge in [0.25, 0.3) is 0 Å². The van der Waals surface area contributed by atoms with Crippen LogP contribution in [0.25, 0.3) is 0 Å². The number of benzene rings is 2. The number of rotatable bonds is 7. The Bertz CT molecular complexity index is 786. The van der Waals surface area contributed by atoms with Crippen LogP contribution in [0, 0.1) is 5.82 Å². The molecule has 2 atom stereocenters.